The van der Waals surface area contributed by atoms with Crippen molar-refractivity contribution in [3.63, 3.8) is 0 Å². The average Bonchev–Trinajstić information content (AvgIpc) is 2.60. The van der Waals surface area contributed by atoms with Gasteiger partial charge in [-0.3, -0.25) is 4.98 Å². The number of aliphatic hydroxyl groups excluding tert-OH is 2. The second kappa shape index (κ2) is 7.45. The van der Waals surface area contributed by atoms with Crippen molar-refractivity contribution in [2.75, 3.05) is 6.61 Å². The van der Waals surface area contributed by atoms with E-state index in [-0.39, 0.29) is 13.2 Å². The Morgan fingerprint density at radius 1 is 1.00 bits per heavy atom. The molecule has 0 aliphatic rings. The summed E-state index contributed by atoms with van der Waals surface area (Å²) in [5, 5.41) is 20.4. The number of nitrogens with zero attached hydrogens (tertiary/aromatic N) is 2. The minimum atomic E-state index is -0.153. The molecule has 0 aliphatic carbocycles. The highest BCUT2D eigenvalue weighted by Crippen LogP contribution is 2.38. The molecule has 0 fully saturated rings. The van der Waals surface area contributed by atoms with E-state index in [0.717, 1.165) is 16.6 Å². The summed E-state index contributed by atoms with van der Waals surface area (Å²) in [6.45, 7) is -0.0522. The Bertz CT molecular complexity index is 864. The van der Waals surface area contributed by atoms with Crippen LogP contribution in [0.4, 0.5) is 0 Å². The SMILES string of the molecule is OCCCc1ncc(-c2c(Cl)cccc2Cl)c2nc(CO)ccc12. The number of rotatable bonds is 5. The Labute approximate surface area is 149 Å². The summed E-state index contributed by atoms with van der Waals surface area (Å²) in [4.78, 5) is 9.08. The van der Waals surface area contributed by atoms with Gasteiger partial charge in [-0.25, -0.2) is 4.98 Å². The summed E-state index contributed by atoms with van der Waals surface area (Å²) in [6.07, 6.45) is 2.97. The zero-order chi connectivity index (χ0) is 17.1. The predicted octanol–water partition coefficient (Wildman–Crippen LogP) is 4.02. The van der Waals surface area contributed by atoms with E-state index in [1.165, 1.54) is 0 Å². The van der Waals surface area contributed by atoms with Gasteiger partial charge >= 0.3 is 0 Å². The van der Waals surface area contributed by atoms with Crippen LogP contribution in [0.1, 0.15) is 17.8 Å². The van der Waals surface area contributed by atoms with Gasteiger partial charge in [0.2, 0.25) is 0 Å². The van der Waals surface area contributed by atoms with Crippen LogP contribution in [0.15, 0.2) is 36.5 Å². The Morgan fingerprint density at radius 3 is 2.42 bits per heavy atom. The first kappa shape index (κ1) is 17.1. The molecule has 3 rings (SSSR count). The van der Waals surface area contributed by atoms with Crippen molar-refractivity contribution in [2.24, 2.45) is 0 Å². The minimum Gasteiger partial charge on any atom is -0.396 e. The van der Waals surface area contributed by atoms with Crippen molar-refractivity contribution >= 4 is 34.1 Å². The third-order valence-corrected chi connectivity index (χ3v) is 4.46. The Hall–Kier alpha value is -1.72. The van der Waals surface area contributed by atoms with E-state index in [0.29, 0.717) is 39.7 Å². The quantitative estimate of drug-likeness (QED) is 0.719. The average molecular weight is 363 g/mol. The lowest BCUT2D eigenvalue weighted by atomic mass is 10.0. The van der Waals surface area contributed by atoms with Gasteiger partial charge in [-0.2, -0.15) is 0 Å². The van der Waals surface area contributed by atoms with E-state index >= 15 is 0 Å². The number of hydrogen-bond acceptors (Lipinski definition) is 4. The molecule has 0 unspecified atom stereocenters. The van der Waals surface area contributed by atoms with Gasteiger partial charge in [-0.05, 0) is 37.1 Å². The van der Waals surface area contributed by atoms with Gasteiger partial charge in [0.15, 0.2) is 0 Å². The van der Waals surface area contributed by atoms with Gasteiger partial charge in [0.05, 0.1) is 27.9 Å². The van der Waals surface area contributed by atoms with E-state index < -0.39 is 0 Å². The van der Waals surface area contributed by atoms with Crippen molar-refractivity contribution in [1.29, 1.82) is 0 Å². The molecular formula is C18H16Cl2N2O2. The Balaban J connectivity index is 2.28. The second-order valence-electron chi connectivity index (χ2n) is 5.40. The summed E-state index contributed by atoms with van der Waals surface area (Å²) < 4.78 is 0. The van der Waals surface area contributed by atoms with Crippen LogP contribution < -0.4 is 0 Å². The van der Waals surface area contributed by atoms with Crippen molar-refractivity contribution in [3.05, 3.63) is 58.0 Å². The minimum absolute atomic E-state index is 0.101. The topological polar surface area (TPSA) is 66.2 Å². The fourth-order valence-electron chi connectivity index (χ4n) is 2.68. The van der Waals surface area contributed by atoms with E-state index in [4.69, 9.17) is 28.3 Å². The third-order valence-electron chi connectivity index (χ3n) is 3.83. The highest BCUT2D eigenvalue weighted by atomic mass is 35.5. The lowest BCUT2D eigenvalue weighted by Gasteiger charge is -2.13. The predicted molar refractivity (Wildman–Crippen MR) is 96.3 cm³/mol. The molecule has 0 aliphatic heterocycles. The van der Waals surface area contributed by atoms with Crippen LogP contribution in [0.2, 0.25) is 10.0 Å². The van der Waals surface area contributed by atoms with Gasteiger partial charge < -0.3 is 10.2 Å². The maximum absolute atomic E-state index is 9.42. The Kier molecular flexibility index (Phi) is 5.31. The fraction of sp³-hybridized carbons (Fsp3) is 0.222. The van der Waals surface area contributed by atoms with E-state index in [2.05, 4.69) is 9.97 Å². The monoisotopic (exact) mass is 362 g/mol. The number of benzene rings is 1. The van der Waals surface area contributed by atoms with Crippen LogP contribution in [0.3, 0.4) is 0 Å². The molecule has 1 aromatic carbocycles. The maximum Gasteiger partial charge on any atom is 0.0853 e. The first-order chi connectivity index (χ1) is 11.7. The molecule has 6 heteroatoms. The summed E-state index contributed by atoms with van der Waals surface area (Å²) in [7, 11) is 0. The van der Waals surface area contributed by atoms with Crippen LogP contribution in [-0.4, -0.2) is 26.8 Å². The Morgan fingerprint density at radius 2 is 1.75 bits per heavy atom. The van der Waals surface area contributed by atoms with Gasteiger partial charge in [0, 0.05) is 35.0 Å². The van der Waals surface area contributed by atoms with Crippen LogP contribution in [0.25, 0.3) is 22.0 Å². The van der Waals surface area contributed by atoms with Crippen LogP contribution in [0, 0.1) is 0 Å². The molecule has 2 aromatic heterocycles. The lowest BCUT2D eigenvalue weighted by Crippen LogP contribution is -2.00. The largest absolute Gasteiger partial charge is 0.396 e. The number of aromatic nitrogens is 2. The van der Waals surface area contributed by atoms with Gasteiger partial charge in [-0.1, -0.05) is 29.3 Å². The molecule has 124 valence electrons. The lowest BCUT2D eigenvalue weighted by molar-refractivity contribution is 0.277. The number of fused-ring (bicyclic) bond motifs is 1. The molecule has 0 bridgehead atoms. The van der Waals surface area contributed by atoms with Crippen LogP contribution in [-0.2, 0) is 13.0 Å². The summed E-state index contributed by atoms with van der Waals surface area (Å²) in [5.41, 5.74) is 3.51. The molecule has 4 nitrogen and oxygen atoms in total. The maximum atomic E-state index is 9.42. The van der Waals surface area contributed by atoms with E-state index in [9.17, 15) is 5.11 Å². The molecule has 0 atom stereocenters. The van der Waals surface area contributed by atoms with Crippen molar-refractivity contribution in [3.8, 4) is 11.1 Å². The first-order valence-electron chi connectivity index (χ1n) is 7.59. The molecule has 0 spiro atoms. The molecule has 0 saturated carbocycles. The number of pyridine rings is 2. The fourth-order valence-corrected chi connectivity index (χ4v) is 3.28. The summed E-state index contributed by atoms with van der Waals surface area (Å²) >= 11 is 12.7. The van der Waals surface area contributed by atoms with Gasteiger partial charge in [-0.15, -0.1) is 0 Å². The first-order valence-corrected chi connectivity index (χ1v) is 8.35. The second-order valence-corrected chi connectivity index (χ2v) is 6.21. The standard InChI is InChI=1S/C18H16Cl2N2O2/c19-14-3-1-4-15(20)17(14)13-9-21-16(5-2-8-23)12-7-6-11(10-24)22-18(12)13/h1,3-4,6-7,9,23-24H,2,5,8,10H2. The molecule has 0 amide bonds. The number of hydrogen-bond donors (Lipinski definition) is 2. The molecule has 2 heterocycles. The van der Waals surface area contributed by atoms with Crippen molar-refractivity contribution < 1.29 is 10.2 Å². The number of aliphatic hydroxyl groups is 2. The molecule has 24 heavy (non-hydrogen) atoms. The van der Waals surface area contributed by atoms with Crippen LogP contribution >= 0.6 is 23.2 Å². The van der Waals surface area contributed by atoms with Crippen molar-refractivity contribution in [1.82, 2.24) is 9.97 Å². The van der Waals surface area contributed by atoms with Gasteiger partial charge in [0.1, 0.15) is 0 Å². The zero-order valence-corrected chi connectivity index (χ0v) is 14.3. The van der Waals surface area contributed by atoms with Crippen molar-refractivity contribution in [2.45, 2.75) is 19.4 Å². The number of halogens is 2. The molecule has 2 N–H and O–H groups in total. The molecule has 0 saturated heterocycles. The highest BCUT2D eigenvalue weighted by Gasteiger charge is 2.16. The van der Waals surface area contributed by atoms with E-state index in [1.807, 2.05) is 6.07 Å². The van der Waals surface area contributed by atoms with E-state index in [1.54, 1.807) is 30.5 Å². The summed E-state index contributed by atoms with van der Waals surface area (Å²) in [6, 6.07) is 8.98. The molecule has 3 aromatic rings. The highest BCUT2D eigenvalue weighted by molar-refractivity contribution is 6.39. The molecular weight excluding hydrogens is 347 g/mol. The van der Waals surface area contributed by atoms with Crippen LogP contribution in [0.5, 0.6) is 0 Å². The number of aryl methyl sites for hydroxylation is 1. The third kappa shape index (κ3) is 3.23. The normalized spacial score (nSPS) is 11.2. The zero-order valence-electron chi connectivity index (χ0n) is 12.8. The van der Waals surface area contributed by atoms with Gasteiger partial charge in [0.25, 0.3) is 0 Å². The molecule has 0 radical (unpaired) electrons. The smallest absolute Gasteiger partial charge is 0.0853 e. The summed E-state index contributed by atoms with van der Waals surface area (Å²) in [5.74, 6) is 0.